The highest BCUT2D eigenvalue weighted by molar-refractivity contribution is 6.03. The van der Waals surface area contributed by atoms with Gasteiger partial charge >= 0.3 is 12.2 Å². The van der Waals surface area contributed by atoms with E-state index in [4.69, 9.17) is 16.1 Å². The number of pyridine rings is 1. The summed E-state index contributed by atoms with van der Waals surface area (Å²) in [7, 11) is 0. The summed E-state index contributed by atoms with van der Waals surface area (Å²) in [5.41, 5.74) is -0.368. The van der Waals surface area contributed by atoms with Gasteiger partial charge in [0.1, 0.15) is 28.6 Å². The van der Waals surface area contributed by atoms with E-state index in [1.54, 1.807) is 0 Å². The van der Waals surface area contributed by atoms with Crippen LogP contribution >= 0.6 is 0 Å². The third-order valence-electron chi connectivity index (χ3n) is 11.3. The summed E-state index contributed by atoms with van der Waals surface area (Å²) in [6.07, 6.45) is 6.81. The predicted octanol–water partition coefficient (Wildman–Crippen LogP) is 5.65. The molecule has 0 radical (unpaired) electrons. The molecule has 4 aromatic rings. The summed E-state index contributed by atoms with van der Waals surface area (Å²) < 4.78 is 77.6. The highest BCUT2D eigenvalue weighted by Crippen LogP contribution is 2.60. The van der Waals surface area contributed by atoms with Crippen molar-refractivity contribution in [1.82, 2.24) is 25.2 Å². The maximum atomic E-state index is 16.8. The van der Waals surface area contributed by atoms with Crippen molar-refractivity contribution >= 4 is 27.5 Å². The summed E-state index contributed by atoms with van der Waals surface area (Å²) in [6, 6.07) is 5.92. The molecule has 8 nitrogen and oxygen atoms in total. The first-order chi connectivity index (χ1) is 23.5. The molecule has 3 aliphatic heterocycles. The maximum absolute atomic E-state index is 16.8. The Bertz CT molecular complexity index is 2040. The number of hydrogen-bond acceptors (Lipinski definition) is 8. The van der Waals surface area contributed by atoms with Gasteiger partial charge in [-0.25, -0.2) is 8.78 Å². The molecule has 4 atom stereocenters. The first-order valence-corrected chi connectivity index (χ1v) is 16.7. The minimum absolute atomic E-state index is 0.00626. The molecule has 3 saturated heterocycles. The van der Waals surface area contributed by atoms with Crippen molar-refractivity contribution in [3.05, 3.63) is 47.7 Å². The highest BCUT2D eigenvalue weighted by atomic mass is 19.4. The molecular weight excluding hydrogens is 643 g/mol. The van der Waals surface area contributed by atoms with Crippen LogP contribution in [0.1, 0.15) is 31.2 Å². The standard InChI is InChI=1S/C36H33F5N6O2/c1-2-22-27(37)6-3-18-9-21(48)10-23(28(18)22)31-30(38)32-24(11-42-31)33(47-12-19-4-5-20(13-47)43-19)45-34(44-32)49-17-35(7-8-35)16-46-14-25-26(15-46)29(25)36(39,40)41/h1,3,6,9-11,19-20,25-26,29,43,48H,4-5,7-8,12-17H2. The second-order valence-electron chi connectivity index (χ2n) is 14.6. The second kappa shape index (κ2) is 10.9. The molecule has 49 heavy (non-hydrogen) atoms. The Morgan fingerprint density at radius 1 is 1.04 bits per heavy atom. The van der Waals surface area contributed by atoms with E-state index in [1.165, 1.54) is 30.5 Å². The average molecular weight is 677 g/mol. The molecule has 5 fully saturated rings. The summed E-state index contributed by atoms with van der Waals surface area (Å²) in [4.78, 5) is 18.0. The summed E-state index contributed by atoms with van der Waals surface area (Å²) >= 11 is 0. The van der Waals surface area contributed by atoms with E-state index in [2.05, 4.69) is 31.0 Å². The molecule has 2 aromatic heterocycles. The van der Waals surface area contributed by atoms with E-state index in [0.717, 1.165) is 25.7 Å². The van der Waals surface area contributed by atoms with E-state index in [0.29, 0.717) is 49.3 Å². The Morgan fingerprint density at radius 3 is 2.45 bits per heavy atom. The molecule has 0 amide bonds. The number of nitrogens with one attached hydrogen (secondary N) is 1. The first kappa shape index (κ1) is 30.8. The number of aromatic hydroxyl groups is 1. The monoisotopic (exact) mass is 676 g/mol. The van der Waals surface area contributed by atoms with E-state index in [1.807, 2.05) is 0 Å². The molecule has 0 spiro atoms. The zero-order chi connectivity index (χ0) is 33.8. The number of benzene rings is 2. The van der Waals surface area contributed by atoms with Crippen molar-refractivity contribution < 1.29 is 31.8 Å². The van der Waals surface area contributed by atoms with Crippen molar-refractivity contribution in [3.8, 4) is 35.4 Å². The van der Waals surface area contributed by atoms with Crippen LogP contribution in [0.15, 0.2) is 30.5 Å². The normalized spacial score (nSPS) is 27.0. The Balaban J connectivity index is 1.07. The lowest BCUT2D eigenvalue weighted by Gasteiger charge is -2.34. The fraction of sp³-hybridized carbons (Fsp3) is 0.472. The lowest BCUT2D eigenvalue weighted by atomic mass is 9.96. The number of hydrogen-bond donors (Lipinski definition) is 2. The number of alkyl halides is 3. The van der Waals surface area contributed by atoms with E-state index in [-0.39, 0.29) is 75.4 Å². The van der Waals surface area contributed by atoms with Gasteiger partial charge in [0.15, 0.2) is 5.82 Å². The van der Waals surface area contributed by atoms with Gasteiger partial charge in [0, 0.05) is 67.4 Å². The van der Waals surface area contributed by atoms with Crippen molar-refractivity contribution in [2.75, 3.05) is 44.2 Å². The molecule has 2 N–H and O–H groups in total. The fourth-order valence-corrected chi connectivity index (χ4v) is 8.68. The first-order valence-electron chi connectivity index (χ1n) is 16.7. The number of anilines is 1. The predicted molar refractivity (Wildman–Crippen MR) is 172 cm³/mol. The minimum atomic E-state index is -4.13. The van der Waals surface area contributed by atoms with Gasteiger partial charge in [-0.3, -0.25) is 4.98 Å². The van der Waals surface area contributed by atoms with Crippen LogP contribution in [-0.4, -0.2) is 82.5 Å². The van der Waals surface area contributed by atoms with Crippen LogP contribution < -0.4 is 15.0 Å². The lowest BCUT2D eigenvalue weighted by molar-refractivity contribution is -0.157. The van der Waals surface area contributed by atoms with Crippen LogP contribution in [0.25, 0.3) is 32.9 Å². The topological polar surface area (TPSA) is 86.6 Å². The average Bonchev–Trinajstić information content (AvgIpc) is 3.91. The number of fused-ring (bicyclic) bond motifs is 5. The number of halogens is 5. The number of likely N-dealkylation sites (tertiary alicyclic amines) is 1. The molecular formula is C36H33F5N6O2. The Hall–Kier alpha value is -4.28. The van der Waals surface area contributed by atoms with Crippen LogP contribution in [0.5, 0.6) is 11.8 Å². The van der Waals surface area contributed by atoms with Gasteiger partial charge in [0.2, 0.25) is 0 Å². The van der Waals surface area contributed by atoms with Gasteiger partial charge in [0.05, 0.1) is 23.5 Å². The third-order valence-corrected chi connectivity index (χ3v) is 11.3. The highest BCUT2D eigenvalue weighted by Gasteiger charge is 2.67. The lowest BCUT2D eigenvalue weighted by Crippen LogP contribution is -2.51. The van der Waals surface area contributed by atoms with Crippen molar-refractivity contribution in [1.29, 1.82) is 0 Å². The number of phenols is 1. The molecule has 254 valence electrons. The van der Waals surface area contributed by atoms with Gasteiger partial charge in [-0.1, -0.05) is 12.0 Å². The summed E-state index contributed by atoms with van der Waals surface area (Å²) in [5, 5.41) is 15.2. The molecule has 9 rings (SSSR count). The number of terminal acetylenes is 1. The number of nitrogens with zero attached hydrogens (tertiary/aromatic N) is 5. The largest absolute Gasteiger partial charge is 0.508 e. The number of piperazine rings is 1. The maximum Gasteiger partial charge on any atom is 0.392 e. The Labute approximate surface area is 278 Å². The molecule has 4 unspecified atom stereocenters. The summed E-state index contributed by atoms with van der Waals surface area (Å²) in [5.74, 6) is -0.576. The van der Waals surface area contributed by atoms with E-state index < -0.39 is 23.7 Å². The quantitative estimate of drug-likeness (QED) is 0.192. The second-order valence-corrected chi connectivity index (χ2v) is 14.6. The molecule has 5 aliphatic rings. The molecule has 2 saturated carbocycles. The number of phenolic OH excluding ortho intramolecular Hbond substituents is 1. The molecule has 2 aliphatic carbocycles. The smallest absolute Gasteiger partial charge is 0.392 e. The van der Waals surface area contributed by atoms with Gasteiger partial charge in [-0.15, -0.1) is 6.42 Å². The molecule has 13 heteroatoms. The van der Waals surface area contributed by atoms with Crippen LogP contribution in [-0.2, 0) is 0 Å². The van der Waals surface area contributed by atoms with Crippen LogP contribution in [0.4, 0.5) is 27.8 Å². The third kappa shape index (κ3) is 5.22. The molecule has 2 aromatic carbocycles. The number of ether oxygens (including phenoxy) is 1. The Morgan fingerprint density at radius 2 is 1.78 bits per heavy atom. The number of rotatable bonds is 7. The van der Waals surface area contributed by atoms with Crippen LogP contribution in [0, 0.1) is 47.1 Å². The van der Waals surface area contributed by atoms with Crippen molar-refractivity contribution in [3.63, 3.8) is 0 Å². The van der Waals surface area contributed by atoms with Gasteiger partial charge < -0.3 is 25.0 Å². The van der Waals surface area contributed by atoms with Gasteiger partial charge in [0.25, 0.3) is 0 Å². The van der Waals surface area contributed by atoms with E-state index >= 15 is 4.39 Å². The van der Waals surface area contributed by atoms with Crippen molar-refractivity contribution in [2.45, 2.75) is 43.9 Å². The zero-order valence-electron chi connectivity index (χ0n) is 26.4. The molecule has 5 heterocycles. The SMILES string of the molecule is C#Cc1c(F)ccc2cc(O)cc(-c3ncc4c(N5CC6CCC(C5)N6)nc(OCC5(CN6CC7C(C6)C7C(F)(F)F)CC5)nc4c3F)c12. The summed E-state index contributed by atoms with van der Waals surface area (Å²) in [6.45, 7) is 3.08. The Kier molecular flexibility index (Phi) is 6.82. The number of piperidine rings is 1. The van der Waals surface area contributed by atoms with Gasteiger partial charge in [-0.2, -0.15) is 23.1 Å². The fourth-order valence-electron chi connectivity index (χ4n) is 8.68. The zero-order valence-corrected chi connectivity index (χ0v) is 26.4. The van der Waals surface area contributed by atoms with E-state index in [9.17, 15) is 22.7 Å². The van der Waals surface area contributed by atoms with Gasteiger partial charge in [-0.05, 0) is 61.1 Å². The van der Waals surface area contributed by atoms with Crippen LogP contribution in [0.3, 0.4) is 0 Å². The minimum Gasteiger partial charge on any atom is -0.508 e. The van der Waals surface area contributed by atoms with Crippen LogP contribution in [0.2, 0.25) is 0 Å². The molecule has 2 bridgehead atoms. The van der Waals surface area contributed by atoms with Crippen molar-refractivity contribution in [2.24, 2.45) is 23.2 Å². The number of aromatic nitrogens is 3.